The highest BCUT2D eigenvalue weighted by Crippen LogP contribution is 2.31. The molecule has 1 aliphatic carbocycles. The van der Waals surface area contributed by atoms with Crippen LogP contribution in [0.4, 0.5) is 0 Å². The molecule has 0 heterocycles. The first kappa shape index (κ1) is 13.9. The molecule has 1 saturated carbocycles. The van der Waals surface area contributed by atoms with Gasteiger partial charge in [0.1, 0.15) is 0 Å². The summed E-state index contributed by atoms with van der Waals surface area (Å²) in [7, 11) is 1.80. The molecule has 0 aliphatic heterocycles. The second-order valence-corrected chi connectivity index (χ2v) is 5.27. The third kappa shape index (κ3) is 4.81. The first-order valence-electron chi connectivity index (χ1n) is 6.63. The van der Waals surface area contributed by atoms with E-state index in [1.807, 2.05) is 0 Å². The normalized spacial score (nSPS) is 18.4. The summed E-state index contributed by atoms with van der Waals surface area (Å²) in [5.74, 6) is 0.944. The van der Waals surface area contributed by atoms with E-state index in [1.165, 1.54) is 19.4 Å². The molecule has 3 nitrogen and oxygen atoms in total. The molecule has 0 bridgehead atoms. The van der Waals surface area contributed by atoms with Gasteiger partial charge in [0.25, 0.3) is 0 Å². The van der Waals surface area contributed by atoms with Crippen molar-refractivity contribution >= 4 is 0 Å². The second-order valence-electron chi connectivity index (χ2n) is 5.27. The largest absolute Gasteiger partial charge is 0.383 e. The molecule has 1 unspecified atom stereocenters. The summed E-state index contributed by atoms with van der Waals surface area (Å²) >= 11 is 0. The summed E-state index contributed by atoms with van der Waals surface area (Å²) in [6.45, 7) is 7.44. The number of nitrogens with zero attached hydrogens (tertiary/aromatic N) is 1. The van der Waals surface area contributed by atoms with E-state index >= 15 is 0 Å². The van der Waals surface area contributed by atoms with Gasteiger partial charge in [-0.15, -0.1) is 0 Å². The molecule has 96 valence electrons. The van der Waals surface area contributed by atoms with Crippen molar-refractivity contribution in [3.63, 3.8) is 0 Å². The van der Waals surface area contributed by atoms with Crippen LogP contribution in [-0.2, 0) is 4.74 Å². The van der Waals surface area contributed by atoms with Crippen molar-refractivity contribution in [2.45, 2.75) is 51.6 Å². The summed E-state index contributed by atoms with van der Waals surface area (Å²) in [5, 5.41) is 0. The average Bonchev–Trinajstić information content (AvgIpc) is 3.04. The summed E-state index contributed by atoms with van der Waals surface area (Å²) < 4.78 is 5.35. The molecule has 0 aromatic rings. The van der Waals surface area contributed by atoms with Gasteiger partial charge in [0.2, 0.25) is 0 Å². The fourth-order valence-corrected chi connectivity index (χ4v) is 2.27. The van der Waals surface area contributed by atoms with Crippen molar-refractivity contribution in [2.24, 2.45) is 11.7 Å². The van der Waals surface area contributed by atoms with Gasteiger partial charge < -0.3 is 10.5 Å². The zero-order chi connectivity index (χ0) is 12.0. The monoisotopic (exact) mass is 228 g/mol. The third-order valence-corrected chi connectivity index (χ3v) is 3.40. The number of rotatable bonds is 9. The molecule has 1 atom stereocenters. The van der Waals surface area contributed by atoms with Crippen molar-refractivity contribution < 1.29 is 4.74 Å². The van der Waals surface area contributed by atoms with Crippen molar-refractivity contribution in [2.75, 3.05) is 26.8 Å². The highest BCUT2D eigenvalue weighted by Gasteiger charge is 2.29. The number of nitrogens with two attached hydrogens (primary N) is 1. The fourth-order valence-electron chi connectivity index (χ4n) is 2.27. The van der Waals surface area contributed by atoms with Crippen LogP contribution in [0.15, 0.2) is 0 Å². The maximum Gasteiger partial charge on any atom is 0.0618 e. The van der Waals surface area contributed by atoms with E-state index in [-0.39, 0.29) is 0 Å². The molecule has 1 fully saturated rings. The van der Waals surface area contributed by atoms with Gasteiger partial charge in [-0.2, -0.15) is 0 Å². The van der Waals surface area contributed by atoms with Gasteiger partial charge in [-0.25, -0.2) is 0 Å². The average molecular weight is 228 g/mol. The molecule has 0 amide bonds. The minimum atomic E-state index is 0.550. The minimum absolute atomic E-state index is 0.550. The predicted octanol–water partition coefficient (Wildman–Crippen LogP) is 1.86. The smallest absolute Gasteiger partial charge is 0.0618 e. The lowest BCUT2D eigenvalue weighted by atomic mass is 10.1. The van der Waals surface area contributed by atoms with Crippen LogP contribution in [0.1, 0.15) is 39.5 Å². The lowest BCUT2D eigenvalue weighted by Gasteiger charge is -2.34. The molecule has 2 N–H and O–H groups in total. The predicted molar refractivity (Wildman–Crippen MR) is 68.5 cm³/mol. The van der Waals surface area contributed by atoms with Crippen LogP contribution in [0.5, 0.6) is 0 Å². The van der Waals surface area contributed by atoms with E-state index in [9.17, 15) is 0 Å². The topological polar surface area (TPSA) is 38.5 Å². The Labute approximate surface area is 100 Å². The first-order valence-corrected chi connectivity index (χ1v) is 6.63. The molecule has 3 heteroatoms. The van der Waals surface area contributed by atoms with Gasteiger partial charge in [-0.05, 0) is 52.0 Å². The Morgan fingerprint density at radius 1 is 1.38 bits per heavy atom. The van der Waals surface area contributed by atoms with Crippen LogP contribution in [0.25, 0.3) is 0 Å². The molecule has 0 radical (unpaired) electrons. The zero-order valence-electron chi connectivity index (χ0n) is 11.1. The highest BCUT2D eigenvalue weighted by atomic mass is 16.5. The molecule has 0 aromatic carbocycles. The van der Waals surface area contributed by atoms with Crippen LogP contribution in [0.3, 0.4) is 0 Å². The van der Waals surface area contributed by atoms with E-state index < -0.39 is 0 Å². The Morgan fingerprint density at radius 3 is 2.50 bits per heavy atom. The summed E-state index contributed by atoms with van der Waals surface area (Å²) in [6.07, 6.45) is 5.09. The fraction of sp³-hybridized carbons (Fsp3) is 1.00. The summed E-state index contributed by atoms with van der Waals surface area (Å²) in [4.78, 5) is 2.61. The lowest BCUT2D eigenvalue weighted by molar-refractivity contribution is 0.0609. The Bertz CT molecular complexity index is 181. The Kier molecular flexibility index (Phi) is 6.32. The molecule has 0 aromatic heterocycles. The maximum atomic E-state index is 5.60. The van der Waals surface area contributed by atoms with Crippen LogP contribution in [0, 0.1) is 5.92 Å². The van der Waals surface area contributed by atoms with E-state index in [1.54, 1.807) is 7.11 Å². The minimum Gasteiger partial charge on any atom is -0.383 e. The molecule has 1 rings (SSSR count). The maximum absolute atomic E-state index is 5.60. The lowest BCUT2D eigenvalue weighted by Crippen LogP contribution is -2.44. The van der Waals surface area contributed by atoms with Crippen LogP contribution in [-0.4, -0.2) is 43.8 Å². The van der Waals surface area contributed by atoms with Gasteiger partial charge in [-0.3, -0.25) is 4.90 Å². The van der Waals surface area contributed by atoms with Crippen molar-refractivity contribution in [3.8, 4) is 0 Å². The molecule has 1 aliphatic rings. The molecule has 0 saturated heterocycles. The van der Waals surface area contributed by atoms with E-state index in [0.717, 1.165) is 31.9 Å². The molecule has 16 heavy (non-hydrogen) atoms. The van der Waals surface area contributed by atoms with Crippen molar-refractivity contribution in [1.82, 2.24) is 4.90 Å². The molecule has 0 spiro atoms. The van der Waals surface area contributed by atoms with Gasteiger partial charge >= 0.3 is 0 Å². The zero-order valence-corrected chi connectivity index (χ0v) is 11.1. The van der Waals surface area contributed by atoms with Gasteiger partial charge in [-0.1, -0.05) is 0 Å². The number of methoxy groups -OCH3 is 1. The van der Waals surface area contributed by atoms with Gasteiger partial charge in [0, 0.05) is 25.7 Å². The molecular formula is C13H28N2O. The molecular weight excluding hydrogens is 200 g/mol. The van der Waals surface area contributed by atoms with E-state index in [0.29, 0.717) is 12.1 Å². The Morgan fingerprint density at radius 2 is 2.06 bits per heavy atom. The summed E-state index contributed by atoms with van der Waals surface area (Å²) in [6, 6.07) is 1.16. The van der Waals surface area contributed by atoms with Crippen LogP contribution < -0.4 is 5.73 Å². The van der Waals surface area contributed by atoms with Crippen LogP contribution in [0.2, 0.25) is 0 Å². The SMILES string of the molecule is COCC(CCCN)N(CC1CC1)C(C)C. The quantitative estimate of drug-likeness (QED) is 0.654. The van der Waals surface area contributed by atoms with E-state index in [4.69, 9.17) is 10.5 Å². The summed E-state index contributed by atoms with van der Waals surface area (Å²) in [5.41, 5.74) is 5.60. The highest BCUT2D eigenvalue weighted by molar-refractivity contribution is 4.83. The Hall–Kier alpha value is -0.120. The third-order valence-electron chi connectivity index (χ3n) is 3.40. The van der Waals surface area contributed by atoms with Crippen molar-refractivity contribution in [3.05, 3.63) is 0 Å². The Balaban J connectivity index is 2.46. The van der Waals surface area contributed by atoms with Gasteiger partial charge in [0.15, 0.2) is 0 Å². The van der Waals surface area contributed by atoms with Crippen molar-refractivity contribution in [1.29, 1.82) is 0 Å². The number of hydrogen-bond acceptors (Lipinski definition) is 3. The number of hydrogen-bond donors (Lipinski definition) is 1. The van der Waals surface area contributed by atoms with Gasteiger partial charge in [0.05, 0.1) is 6.61 Å². The standard InChI is InChI=1S/C13H28N2O/c1-11(2)15(9-12-6-7-12)13(10-16-3)5-4-8-14/h11-13H,4-10,14H2,1-3H3. The van der Waals surface area contributed by atoms with Crippen LogP contribution >= 0.6 is 0 Å². The first-order chi connectivity index (χ1) is 7.69. The van der Waals surface area contributed by atoms with E-state index in [2.05, 4.69) is 18.7 Å². The second kappa shape index (κ2) is 7.25. The number of ether oxygens (including phenoxy) is 1.